The molecule has 1 saturated heterocycles. The molecule has 1 atom stereocenters. The van der Waals surface area contributed by atoms with Crippen molar-refractivity contribution in [3.63, 3.8) is 0 Å². The first-order valence-corrected chi connectivity index (χ1v) is 7.39. The average molecular weight is 333 g/mol. The summed E-state index contributed by atoms with van der Waals surface area (Å²) in [5.74, 6) is -0.543. The Morgan fingerprint density at radius 3 is 2.58 bits per heavy atom. The summed E-state index contributed by atoms with van der Waals surface area (Å²) >= 11 is 3.10. The molecule has 0 aliphatic carbocycles. The maximum atomic E-state index is 13.9. The fraction of sp³-hybridized carbons (Fsp3) is 0.571. The SMILES string of the molecule is CC(C)NCC1CCN(c2c(F)cc(Br)cc2F)C1. The van der Waals surface area contributed by atoms with Crippen LogP contribution in [-0.4, -0.2) is 25.7 Å². The van der Waals surface area contributed by atoms with Crippen LogP contribution in [0.1, 0.15) is 20.3 Å². The fourth-order valence-electron chi connectivity index (χ4n) is 2.44. The quantitative estimate of drug-likeness (QED) is 0.907. The number of hydrogen-bond donors (Lipinski definition) is 1. The van der Waals surface area contributed by atoms with E-state index in [1.54, 1.807) is 0 Å². The van der Waals surface area contributed by atoms with Crippen molar-refractivity contribution in [1.29, 1.82) is 0 Å². The molecule has 2 nitrogen and oxygen atoms in total. The Morgan fingerprint density at radius 2 is 2.00 bits per heavy atom. The fourth-order valence-corrected chi connectivity index (χ4v) is 2.84. The number of anilines is 1. The lowest BCUT2D eigenvalue weighted by Crippen LogP contribution is -2.31. The van der Waals surface area contributed by atoms with Crippen LogP contribution < -0.4 is 10.2 Å². The predicted octanol–water partition coefficient (Wildman–Crippen LogP) is 3.55. The lowest BCUT2D eigenvalue weighted by molar-refractivity contribution is 0.479. The summed E-state index contributed by atoms with van der Waals surface area (Å²) in [4.78, 5) is 1.81. The third-order valence-corrected chi connectivity index (χ3v) is 3.86. The van der Waals surface area contributed by atoms with Gasteiger partial charge in [-0.15, -0.1) is 0 Å². The topological polar surface area (TPSA) is 15.3 Å². The van der Waals surface area contributed by atoms with E-state index in [9.17, 15) is 8.78 Å². The maximum Gasteiger partial charge on any atom is 0.150 e. The van der Waals surface area contributed by atoms with Crippen molar-refractivity contribution in [2.24, 2.45) is 5.92 Å². The first-order chi connectivity index (χ1) is 8.97. The van der Waals surface area contributed by atoms with Crippen LogP contribution in [0, 0.1) is 17.6 Å². The standard InChI is InChI=1S/C14H19BrF2N2/c1-9(2)18-7-10-3-4-19(8-10)14-12(16)5-11(15)6-13(14)17/h5-6,9-10,18H,3-4,7-8H2,1-2H3. The molecular formula is C14H19BrF2N2. The molecule has 1 aromatic rings. The summed E-state index contributed by atoms with van der Waals surface area (Å²) in [7, 11) is 0. The molecule has 0 saturated carbocycles. The molecule has 0 spiro atoms. The summed E-state index contributed by atoms with van der Waals surface area (Å²) in [6, 6.07) is 3.08. The summed E-state index contributed by atoms with van der Waals surface area (Å²) in [6.45, 7) is 6.50. The molecule has 1 N–H and O–H groups in total. The van der Waals surface area contributed by atoms with Crippen molar-refractivity contribution in [2.45, 2.75) is 26.3 Å². The summed E-state index contributed by atoms with van der Waals surface area (Å²) in [6.07, 6.45) is 0.967. The molecule has 19 heavy (non-hydrogen) atoms. The highest BCUT2D eigenvalue weighted by Gasteiger charge is 2.26. The Balaban J connectivity index is 2.05. The normalized spacial score (nSPS) is 19.5. The molecule has 1 aliphatic heterocycles. The summed E-state index contributed by atoms with van der Waals surface area (Å²) in [5, 5.41) is 3.38. The second-order valence-electron chi connectivity index (χ2n) is 5.38. The zero-order valence-corrected chi connectivity index (χ0v) is 12.8. The summed E-state index contributed by atoms with van der Waals surface area (Å²) in [5.41, 5.74) is 0.107. The van der Waals surface area contributed by atoms with Crippen LogP contribution >= 0.6 is 15.9 Å². The van der Waals surface area contributed by atoms with Crippen LogP contribution in [0.3, 0.4) is 0 Å². The van der Waals surface area contributed by atoms with Crippen molar-refractivity contribution in [3.8, 4) is 0 Å². The van der Waals surface area contributed by atoms with E-state index in [0.29, 0.717) is 29.5 Å². The van der Waals surface area contributed by atoms with Crippen molar-refractivity contribution >= 4 is 21.6 Å². The van der Waals surface area contributed by atoms with E-state index in [1.165, 1.54) is 12.1 Å². The monoisotopic (exact) mass is 332 g/mol. The van der Waals surface area contributed by atoms with E-state index >= 15 is 0 Å². The van der Waals surface area contributed by atoms with Gasteiger partial charge >= 0.3 is 0 Å². The number of nitrogens with one attached hydrogen (secondary N) is 1. The van der Waals surface area contributed by atoms with E-state index in [-0.39, 0.29) is 5.69 Å². The van der Waals surface area contributed by atoms with Gasteiger partial charge in [0.1, 0.15) is 5.69 Å². The molecule has 0 aromatic heterocycles. The number of benzene rings is 1. The van der Waals surface area contributed by atoms with E-state index in [0.717, 1.165) is 13.0 Å². The number of rotatable bonds is 4. The average Bonchev–Trinajstić information content (AvgIpc) is 2.73. The van der Waals surface area contributed by atoms with Gasteiger partial charge in [-0.05, 0) is 31.0 Å². The van der Waals surface area contributed by atoms with Gasteiger partial charge < -0.3 is 10.2 Å². The lowest BCUT2D eigenvalue weighted by atomic mass is 10.1. The molecular weight excluding hydrogens is 314 g/mol. The zero-order chi connectivity index (χ0) is 14.0. The first-order valence-electron chi connectivity index (χ1n) is 6.60. The van der Waals surface area contributed by atoms with Gasteiger partial charge in [-0.25, -0.2) is 8.78 Å². The van der Waals surface area contributed by atoms with Gasteiger partial charge in [0, 0.05) is 23.6 Å². The van der Waals surface area contributed by atoms with Gasteiger partial charge in [0.2, 0.25) is 0 Å². The number of halogens is 3. The van der Waals surface area contributed by atoms with Crippen molar-refractivity contribution < 1.29 is 8.78 Å². The summed E-state index contributed by atoms with van der Waals surface area (Å²) < 4.78 is 28.2. The van der Waals surface area contributed by atoms with Crippen molar-refractivity contribution in [3.05, 3.63) is 28.2 Å². The Bertz CT molecular complexity index is 428. The second kappa shape index (κ2) is 6.18. The molecule has 1 aromatic carbocycles. The first kappa shape index (κ1) is 14.7. The Morgan fingerprint density at radius 1 is 1.37 bits per heavy atom. The third kappa shape index (κ3) is 3.66. The predicted molar refractivity (Wildman–Crippen MR) is 77.5 cm³/mol. The van der Waals surface area contributed by atoms with Crippen molar-refractivity contribution in [2.75, 3.05) is 24.5 Å². The van der Waals surface area contributed by atoms with Crippen molar-refractivity contribution in [1.82, 2.24) is 5.32 Å². The minimum Gasteiger partial charge on any atom is -0.366 e. The molecule has 1 aliphatic rings. The van der Waals surface area contributed by atoms with Gasteiger partial charge in [-0.1, -0.05) is 29.8 Å². The van der Waals surface area contributed by atoms with Gasteiger partial charge in [-0.3, -0.25) is 0 Å². The number of hydrogen-bond acceptors (Lipinski definition) is 2. The van der Waals surface area contributed by atoms with Crippen LogP contribution in [0.25, 0.3) is 0 Å². The molecule has 0 bridgehead atoms. The van der Waals surface area contributed by atoms with Crippen LogP contribution in [0.4, 0.5) is 14.5 Å². The minimum atomic E-state index is -0.496. The maximum absolute atomic E-state index is 13.9. The van der Waals surface area contributed by atoms with Gasteiger partial charge in [0.15, 0.2) is 11.6 Å². The highest BCUT2D eigenvalue weighted by atomic mass is 79.9. The highest BCUT2D eigenvalue weighted by molar-refractivity contribution is 9.10. The van der Waals surface area contributed by atoms with Gasteiger partial charge in [0.25, 0.3) is 0 Å². The third-order valence-electron chi connectivity index (χ3n) is 3.40. The van der Waals surface area contributed by atoms with Crippen LogP contribution in [0.5, 0.6) is 0 Å². The van der Waals surface area contributed by atoms with Crippen LogP contribution in [-0.2, 0) is 0 Å². The Kier molecular flexibility index (Phi) is 4.79. The molecule has 106 valence electrons. The second-order valence-corrected chi connectivity index (χ2v) is 6.30. The molecule has 1 fully saturated rings. The largest absolute Gasteiger partial charge is 0.366 e. The van der Waals surface area contributed by atoms with E-state index in [1.807, 2.05) is 4.90 Å². The lowest BCUT2D eigenvalue weighted by Gasteiger charge is -2.20. The van der Waals surface area contributed by atoms with Crippen LogP contribution in [0.2, 0.25) is 0 Å². The molecule has 0 radical (unpaired) electrons. The smallest absolute Gasteiger partial charge is 0.150 e. The molecule has 0 amide bonds. The van der Waals surface area contributed by atoms with Gasteiger partial charge in [0.05, 0.1) is 0 Å². The zero-order valence-electron chi connectivity index (χ0n) is 11.2. The van der Waals surface area contributed by atoms with Crippen LogP contribution in [0.15, 0.2) is 16.6 Å². The molecule has 5 heteroatoms. The Hall–Kier alpha value is -0.680. The minimum absolute atomic E-state index is 0.107. The molecule has 2 rings (SSSR count). The van der Waals surface area contributed by atoms with Gasteiger partial charge in [-0.2, -0.15) is 0 Å². The molecule has 1 heterocycles. The Labute approximate surface area is 121 Å². The highest BCUT2D eigenvalue weighted by Crippen LogP contribution is 2.31. The van der Waals surface area contributed by atoms with E-state index in [4.69, 9.17) is 0 Å². The van der Waals surface area contributed by atoms with E-state index < -0.39 is 11.6 Å². The van der Waals surface area contributed by atoms with E-state index in [2.05, 4.69) is 35.1 Å². The number of nitrogens with zero attached hydrogens (tertiary/aromatic N) is 1. The molecule has 1 unspecified atom stereocenters.